The van der Waals surface area contributed by atoms with Gasteiger partial charge in [0.05, 0.1) is 11.2 Å². The summed E-state index contributed by atoms with van der Waals surface area (Å²) < 4.78 is 5.89. The molecule has 3 rings (SSSR count). The van der Waals surface area contributed by atoms with Crippen molar-refractivity contribution in [1.29, 1.82) is 0 Å². The fraction of sp³-hybridized carbons (Fsp3) is 0.167. The molecule has 0 spiro atoms. The van der Waals surface area contributed by atoms with Gasteiger partial charge >= 0.3 is 0 Å². The van der Waals surface area contributed by atoms with Crippen LogP contribution in [0.25, 0.3) is 10.9 Å². The van der Waals surface area contributed by atoms with Crippen LogP contribution in [0.1, 0.15) is 24.2 Å². The van der Waals surface area contributed by atoms with E-state index in [1.54, 1.807) is 0 Å². The summed E-state index contributed by atoms with van der Waals surface area (Å²) in [6, 6.07) is 19.9. The monoisotopic (exact) mass is 278 g/mol. The summed E-state index contributed by atoms with van der Waals surface area (Å²) in [4.78, 5) is 4.61. The lowest BCUT2D eigenvalue weighted by Crippen LogP contribution is -2.08. The number of benzene rings is 2. The normalized spacial score (nSPS) is 12.3. The standard InChI is InChI=1S/C18H18N2O/c1-13(19)16-7-3-5-9-18(16)21-12-15-11-10-14-6-2-4-8-17(14)20-15/h2-11,13H,12,19H2,1H3/t13-/m1/s1. The first-order valence-electron chi connectivity index (χ1n) is 7.06. The van der Waals surface area contributed by atoms with Crippen LogP contribution in [0.15, 0.2) is 60.7 Å². The van der Waals surface area contributed by atoms with Crippen LogP contribution < -0.4 is 10.5 Å². The van der Waals surface area contributed by atoms with Gasteiger partial charge in [0.15, 0.2) is 0 Å². The summed E-state index contributed by atoms with van der Waals surface area (Å²) in [7, 11) is 0. The van der Waals surface area contributed by atoms with E-state index in [-0.39, 0.29) is 6.04 Å². The first-order valence-corrected chi connectivity index (χ1v) is 7.06. The van der Waals surface area contributed by atoms with Crippen molar-refractivity contribution in [3.8, 4) is 5.75 Å². The number of pyridine rings is 1. The van der Waals surface area contributed by atoms with Gasteiger partial charge in [-0.15, -0.1) is 0 Å². The van der Waals surface area contributed by atoms with Crippen LogP contribution in [0.3, 0.4) is 0 Å². The molecule has 0 aliphatic rings. The maximum Gasteiger partial charge on any atom is 0.130 e. The van der Waals surface area contributed by atoms with Crippen molar-refractivity contribution in [2.75, 3.05) is 0 Å². The molecule has 21 heavy (non-hydrogen) atoms. The maximum atomic E-state index is 5.96. The zero-order valence-corrected chi connectivity index (χ0v) is 12.0. The Morgan fingerprint density at radius 2 is 1.76 bits per heavy atom. The molecule has 0 amide bonds. The van der Waals surface area contributed by atoms with Gasteiger partial charge < -0.3 is 10.5 Å². The number of nitrogens with two attached hydrogens (primary N) is 1. The van der Waals surface area contributed by atoms with Crippen LogP contribution in [0, 0.1) is 0 Å². The SMILES string of the molecule is C[C@@H](N)c1ccccc1OCc1ccc2ccccc2n1. The lowest BCUT2D eigenvalue weighted by Gasteiger charge is -2.13. The third-order valence-electron chi connectivity index (χ3n) is 3.44. The lowest BCUT2D eigenvalue weighted by atomic mass is 10.1. The molecule has 0 unspecified atom stereocenters. The molecule has 0 bridgehead atoms. The molecule has 3 aromatic rings. The summed E-state index contributed by atoms with van der Waals surface area (Å²) in [6.45, 7) is 2.39. The fourth-order valence-electron chi connectivity index (χ4n) is 2.33. The molecule has 0 aliphatic carbocycles. The highest BCUT2D eigenvalue weighted by Gasteiger charge is 2.07. The Kier molecular flexibility index (Phi) is 3.84. The summed E-state index contributed by atoms with van der Waals surface area (Å²) in [6.07, 6.45) is 0. The van der Waals surface area contributed by atoms with Crippen LogP contribution in [0.5, 0.6) is 5.75 Å². The van der Waals surface area contributed by atoms with Crippen molar-refractivity contribution in [2.45, 2.75) is 19.6 Å². The van der Waals surface area contributed by atoms with E-state index in [4.69, 9.17) is 10.5 Å². The van der Waals surface area contributed by atoms with Crippen LogP contribution >= 0.6 is 0 Å². The molecule has 1 aromatic heterocycles. The highest BCUT2D eigenvalue weighted by molar-refractivity contribution is 5.78. The Morgan fingerprint density at radius 1 is 1.00 bits per heavy atom. The Bertz CT molecular complexity index is 753. The molecular formula is C18H18N2O. The van der Waals surface area contributed by atoms with Crippen LogP contribution in [-0.4, -0.2) is 4.98 Å². The van der Waals surface area contributed by atoms with Crippen LogP contribution in [0.2, 0.25) is 0 Å². The van der Waals surface area contributed by atoms with E-state index < -0.39 is 0 Å². The first-order chi connectivity index (χ1) is 10.2. The van der Waals surface area contributed by atoms with Crippen molar-refractivity contribution in [1.82, 2.24) is 4.98 Å². The number of nitrogens with zero attached hydrogens (tertiary/aromatic N) is 1. The van der Waals surface area contributed by atoms with Gasteiger partial charge in [-0.2, -0.15) is 0 Å². The zero-order chi connectivity index (χ0) is 14.7. The molecule has 0 saturated carbocycles. The number of ether oxygens (including phenoxy) is 1. The molecule has 0 radical (unpaired) electrons. The molecule has 106 valence electrons. The number of aromatic nitrogens is 1. The van der Waals surface area contributed by atoms with Gasteiger partial charge in [0.2, 0.25) is 0 Å². The van der Waals surface area contributed by atoms with Crippen molar-refractivity contribution in [3.63, 3.8) is 0 Å². The zero-order valence-electron chi connectivity index (χ0n) is 12.0. The Morgan fingerprint density at radius 3 is 2.62 bits per heavy atom. The molecule has 1 atom stereocenters. The van der Waals surface area contributed by atoms with Crippen molar-refractivity contribution in [3.05, 3.63) is 71.9 Å². The second-order valence-corrected chi connectivity index (χ2v) is 5.11. The van der Waals surface area contributed by atoms with E-state index in [1.165, 1.54) is 0 Å². The number of hydrogen-bond donors (Lipinski definition) is 1. The average Bonchev–Trinajstić information content (AvgIpc) is 2.53. The predicted molar refractivity (Wildman–Crippen MR) is 85.1 cm³/mol. The van der Waals surface area contributed by atoms with E-state index in [0.717, 1.165) is 27.9 Å². The first kappa shape index (κ1) is 13.6. The molecular weight excluding hydrogens is 260 g/mol. The molecule has 0 saturated heterocycles. The third-order valence-corrected chi connectivity index (χ3v) is 3.44. The molecule has 2 aromatic carbocycles. The Labute approximate surface area is 124 Å². The minimum atomic E-state index is -0.0502. The quantitative estimate of drug-likeness (QED) is 0.789. The molecule has 2 N–H and O–H groups in total. The number of para-hydroxylation sites is 2. The highest BCUT2D eigenvalue weighted by Crippen LogP contribution is 2.24. The maximum absolute atomic E-state index is 5.96. The fourth-order valence-corrected chi connectivity index (χ4v) is 2.33. The highest BCUT2D eigenvalue weighted by atomic mass is 16.5. The third kappa shape index (κ3) is 3.03. The number of hydrogen-bond acceptors (Lipinski definition) is 3. The van der Waals surface area contributed by atoms with Gasteiger partial charge in [0.1, 0.15) is 12.4 Å². The largest absolute Gasteiger partial charge is 0.487 e. The topological polar surface area (TPSA) is 48.1 Å². The van der Waals surface area contributed by atoms with Gasteiger partial charge in [-0.05, 0) is 25.1 Å². The van der Waals surface area contributed by atoms with E-state index in [9.17, 15) is 0 Å². The number of rotatable bonds is 4. The summed E-state index contributed by atoms with van der Waals surface area (Å²) in [5.41, 5.74) is 8.87. The lowest BCUT2D eigenvalue weighted by molar-refractivity contribution is 0.297. The molecule has 3 heteroatoms. The van der Waals surface area contributed by atoms with Crippen molar-refractivity contribution >= 4 is 10.9 Å². The second kappa shape index (κ2) is 5.94. The average molecular weight is 278 g/mol. The summed E-state index contributed by atoms with van der Waals surface area (Å²) >= 11 is 0. The number of fused-ring (bicyclic) bond motifs is 1. The van der Waals surface area contributed by atoms with Gasteiger partial charge in [0.25, 0.3) is 0 Å². The van der Waals surface area contributed by atoms with Gasteiger partial charge in [-0.1, -0.05) is 42.5 Å². The molecule has 0 fully saturated rings. The van der Waals surface area contributed by atoms with E-state index in [1.807, 2.05) is 55.5 Å². The van der Waals surface area contributed by atoms with E-state index in [2.05, 4.69) is 17.1 Å². The van der Waals surface area contributed by atoms with Gasteiger partial charge in [0, 0.05) is 17.0 Å². The van der Waals surface area contributed by atoms with Crippen LogP contribution in [0.4, 0.5) is 0 Å². The minimum Gasteiger partial charge on any atom is -0.487 e. The second-order valence-electron chi connectivity index (χ2n) is 5.11. The van der Waals surface area contributed by atoms with Gasteiger partial charge in [-0.3, -0.25) is 0 Å². The smallest absolute Gasteiger partial charge is 0.130 e. The van der Waals surface area contributed by atoms with E-state index in [0.29, 0.717) is 6.61 Å². The predicted octanol–water partition coefficient (Wildman–Crippen LogP) is 3.83. The van der Waals surface area contributed by atoms with Crippen molar-refractivity contribution in [2.24, 2.45) is 5.73 Å². The van der Waals surface area contributed by atoms with Crippen molar-refractivity contribution < 1.29 is 4.74 Å². The van der Waals surface area contributed by atoms with Gasteiger partial charge in [-0.25, -0.2) is 4.98 Å². The minimum absolute atomic E-state index is 0.0502. The van der Waals surface area contributed by atoms with Crippen LogP contribution in [-0.2, 0) is 6.61 Å². The molecule has 1 heterocycles. The molecule has 3 nitrogen and oxygen atoms in total. The molecule has 0 aliphatic heterocycles. The summed E-state index contributed by atoms with van der Waals surface area (Å²) in [5, 5.41) is 1.14. The van der Waals surface area contributed by atoms with E-state index >= 15 is 0 Å². The Balaban J connectivity index is 1.80. The Hall–Kier alpha value is -2.39. The summed E-state index contributed by atoms with van der Waals surface area (Å²) in [5.74, 6) is 0.822.